The molecular weight excluding hydrogens is 242 g/mol. The van der Waals surface area contributed by atoms with Gasteiger partial charge in [0.15, 0.2) is 0 Å². The summed E-state index contributed by atoms with van der Waals surface area (Å²) in [6, 6.07) is 0. The fourth-order valence-corrected chi connectivity index (χ4v) is 1.21. The Morgan fingerprint density at radius 3 is 2.59 bits per heavy atom. The van der Waals surface area contributed by atoms with Gasteiger partial charge in [-0.2, -0.15) is 18.3 Å². The second kappa shape index (κ2) is 4.76. The Morgan fingerprint density at radius 1 is 1.59 bits per heavy atom. The number of alkyl halides is 3. The fourth-order valence-electron chi connectivity index (χ4n) is 1.21. The third-order valence-corrected chi connectivity index (χ3v) is 1.93. The van der Waals surface area contributed by atoms with E-state index in [4.69, 9.17) is 10.0 Å². The molecule has 0 atom stereocenters. The number of aryl methyl sites for hydroxylation is 1. The highest BCUT2D eigenvalue weighted by molar-refractivity contribution is 6.59. The summed E-state index contributed by atoms with van der Waals surface area (Å²) < 4.78 is 37.0. The van der Waals surface area contributed by atoms with Crippen LogP contribution < -0.4 is 10.9 Å². The quantitative estimate of drug-likeness (QED) is 0.606. The van der Waals surface area contributed by atoms with Crippen LogP contribution >= 0.6 is 0 Å². The van der Waals surface area contributed by atoms with Crippen LogP contribution in [0.2, 0.25) is 0 Å². The Bertz CT molecular complexity index is 418. The van der Waals surface area contributed by atoms with Crippen LogP contribution in [0.5, 0.6) is 0 Å². The van der Waals surface area contributed by atoms with Gasteiger partial charge in [0.05, 0.1) is 17.5 Å². The number of amides is 1. The monoisotopic (exact) mass is 251 g/mol. The van der Waals surface area contributed by atoms with Gasteiger partial charge >= 0.3 is 19.2 Å². The summed E-state index contributed by atoms with van der Waals surface area (Å²) in [5.74, 6) is -2.20. The summed E-state index contributed by atoms with van der Waals surface area (Å²) in [5, 5.41) is 23.1. The standard InChI is InChI=1S/C7H9BF3N3O3/c1-2-14-5(8(16)17)4(3-12-14)13-6(15)7(9,10)11/h3,16-17H,2H2,1H3,(H,13,15). The van der Waals surface area contributed by atoms with Gasteiger partial charge in [-0.05, 0) is 6.92 Å². The molecule has 17 heavy (non-hydrogen) atoms. The number of carbonyl (C=O) groups is 1. The molecule has 1 aromatic rings. The lowest BCUT2D eigenvalue weighted by Crippen LogP contribution is -2.40. The highest BCUT2D eigenvalue weighted by Gasteiger charge is 2.39. The first-order chi connectivity index (χ1) is 7.77. The lowest BCUT2D eigenvalue weighted by molar-refractivity contribution is -0.167. The number of carbonyl (C=O) groups excluding carboxylic acids is 1. The van der Waals surface area contributed by atoms with E-state index in [9.17, 15) is 18.0 Å². The topological polar surface area (TPSA) is 87.4 Å². The van der Waals surface area contributed by atoms with Crippen LogP contribution in [0.3, 0.4) is 0 Å². The molecule has 3 N–H and O–H groups in total. The highest BCUT2D eigenvalue weighted by atomic mass is 19.4. The Balaban J connectivity index is 3.00. The molecule has 0 saturated heterocycles. The lowest BCUT2D eigenvalue weighted by Gasteiger charge is -2.09. The maximum atomic E-state index is 12.0. The number of nitrogens with one attached hydrogen (secondary N) is 1. The molecule has 1 rings (SSSR count). The summed E-state index contributed by atoms with van der Waals surface area (Å²) in [4.78, 5) is 10.7. The zero-order valence-corrected chi connectivity index (χ0v) is 8.69. The molecule has 0 aliphatic carbocycles. The van der Waals surface area contributed by atoms with Gasteiger partial charge in [0.25, 0.3) is 0 Å². The van der Waals surface area contributed by atoms with Gasteiger partial charge < -0.3 is 15.4 Å². The normalized spacial score (nSPS) is 11.4. The van der Waals surface area contributed by atoms with E-state index < -0.39 is 19.2 Å². The Morgan fingerprint density at radius 2 is 2.18 bits per heavy atom. The van der Waals surface area contributed by atoms with E-state index in [1.165, 1.54) is 5.32 Å². The number of rotatable bonds is 3. The van der Waals surface area contributed by atoms with Crippen molar-refractivity contribution >= 4 is 24.3 Å². The summed E-state index contributed by atoms with van der Waals surface area (Å²) in [6.45, 7) is 1.82. The fraction of sp³-hybridized carbons (Fsp3) is 0.429. The van der Waals surface area contributed by atoms with Crippen LogP contribution in [0, 0.1) is 0 Å². The number of nitrogens with zero attached hydrogens (tertiary/aromatic N) is 2. The SMILES string of the molecule is CCn1ncc(NC(=O)C(F)(F)F)c1B(O)O. The summed E-state index contributed by atoms with van der Waals surface area (Å²) in [7, 11) is -2.03. The number of aromatic nitrogens is 2. The van der Waals surface area contributed by atoms with Gasteiger partial charge in [0.1, 0.15) is 0 Å². The van der Waals surface area contributed by atoms with Crippen molar-refractivity contribution in [2.24, 2.45) is 0 Å². The van der Waals surface area contributed by atoms with Crippen molar-refractivity contribution in [3.05, 3.63) is 6.20 Å². The van der Waals surface area contributed by atoms with Gasteiger partial charge in [-0.25, -0.2) is 0 Å². The molecule has 0 aliphatic heterocycles. The maximum absolute atomic E-state index is 12.0. The third-order valence-electron chi connectivity index (χ3n) is 1.93. The minimum Gasteiger partial charge on any atom is -0.422 e. The largest absolute Gasteiger partial charge is 0.509 e. The van der Waals surface area contributed by atoms with Gasteiger partial charge in [-0.15, -0.1) is 0 Å². The zero-order valence-electron chi connectivity index (χ0n) is 8.69. The number of hydrogen-bond acceptors (Lipinski definition) is 4. The smallest absolute Gasteiger partial charge is 0.422 e. The number of hydrogen-bond donors (Lipinski definition) is 3. The highest BCUT2D eigenvalue weighted by Crippen LogP contribution is 2.17. The summed E-state index contributed by atoms with van der Waals surface area (Å²) >= 11 is 0. The molecule has 0 aliphatic rings. The van der Waals surface area contributed by atoms with Gasteiger partial charge in [-0.3, -0.25) is 9.48 Å². The number of halogens is 3. The molecule has 1 amide bonds. The lowest BCUT2D eigenvalue weighted by atomic mass is 9.85. The summed E-state index contributed by atoms with van der Waals surface area (Å²) in [5.41, 5.74) is -0.686. The molecule has 1 aromatic heterocycles. The Hall–Kier alpha value is -1.55. The molecule has 0 bridgehead atoms. The van der Waals surface area contributed by atoms with Crippen molar-refractivity contribution in [1.82, 2.24) is 9.78 Å². The first kappa shape index (κ1) is 13.5. The molecule has 6 nitrogen and oxygen atoms in total. The van der Waals surface area contributed by atoms with E-state index in [1.807, 2.05) is 0 Å². The van der Waals surface area contributed by atoms with Crippen molar-refractivity contribution in [2.45, 2.75) is 19.6 Å². The molecular formula is C7H9BF3N3O3. The van der Waals surface area contributed by atoms with Crippen LogP contribution in [0.1, 0.15) is 6.92 Å². The van der Waals surface area contributed by atoms with Crippen LogP contribution in [0.4, 0.5) is 18.9 Å². The molecule has 94 valence electrons. The molecule has 0 saturated carbocycles. The first-order valence-electron chi connectivity index (χ1n) is 4.57. The first-order valence-corrected chi connectivity index (χ1v) is 4.57. The van der Waals surface area contributed by atoms with Crippen molar-refractivity contribution in [2.75, 3.05) is 5.32 Å². The maximum Gasteiger partial charge on any atom is 0.509 e. The van der Waals surface area contributed by atoms with Crippen LogP contribution in [-0.4, -0.2) is 39.0 Å². The van der Waals surface area contributed by atoms with E-state index in [0.29, 0.717) is 0 Å². The zero-order chi connectivity index (χ0) is 13.2. The average molecular weight is 251 g/mol. The molecule has 0 unspecified atom stereocenters. The van der Waals surface area contributed by atoms with Crippen LogP contribution in [0.15, 0.2) is 6.20 Å². The molecule has 0 spiro atoms. The molecule has 0 aromatic carbocycles. The molecule has 0 fully saturated rings. The van der Waals surface area contributed by atoms with Crippen LogP contribution in [0.25, 0.3) is 0 Å². The van der Waals surface area contributed by atoms with Crippen LogP contribution in [-0.2, 0) is 11.3 Å². The van der Waals surface area contributed by atoms with E-state index in [2.05, 4.69) is 5.10 Å². The van der Waals surface area contributed by atoms with Crippen molar-refractivity contribution in [3.8, 4) is 0 Å². The van der Waals surface area contributed by atoms with Crippen molar-refractivity contribution in [3.63, 3.8) is 0 Å². The van der Waals surface area contributed by atoms with E-state index in [0.717, 1.165) is 10.9 Å². The Labute approximate surface area is 94.2 Å². The average Bonchev–Trinajstić information content (AvgIpc) is 2.59. The second-order valence-electron chi connectivity index (χ2n) is 3.08. The Kier molecular flexibility index (Phi) is 3.78. The van der Waals surface area contributed by atoms with Gasteiger partial charge in [-0.1, -0.05) is 0 Å². The predicted octanol–water partition coefficient (Wildman–Crippen LogP) is -0.916. The van der Waals surface area contributed by atoms with Gasteiger partial charge in [0, 0.05) is 6.54 Å². The van der Waals surface area contributed by atoms with E-state index >= 15 is 0 Å². The second-order valence-corrected chi connectivity index (χ2v) is 3.08. The van der Waals surface area contributed by atoms with Crippen molar-refractivity contribution in [1.29, 1.82) is 0 Å². The van der Waals surface area contributed by atoms with Gasteiger partial charge in [0.2, 0.25) is 0 Å². The van der Waals surface area contributed by atoms with E-state index in [-0.39, 0.29) is 17.8 Å². The minimum atomic E-state index is -5.05. The minimum absolute atomic E-state index is 0.217. The summed E-state index contributed by atoms with van der Waals surface area (Å²) in [6.07, 6.45) is -4.13. The van der Waals surface area contributed by atoms with E-state index in [1.54, 1.807) is 6.92 Å². The molecule has 10 heteroatoms. The van der Waals surface area contributed by atoms with Crippen molar-refractivity contribution < 1.29 is 28.0 Å². The molecule has 1 heterocycles. The number of anilines is 1. The third kappa shape index (κ3) is 2.97. The molecule has 0 radical (unpaired) electrons. The predicted molar refractivity (Wildman–Crippen MR) is 52.4 cm³/mol.